The van der Waals surface area contributed by atoms with Gasteiger partial charge in [-0.05, 0) is 107 Å². The smallest absolute Gasteiger partial charge is 0.223 e. The zero-order valence-electron chi connectivity index (χ0n) is 19.3. The van der Waals surface area contributed by atoms with E-state index in [1.807, 2.05) is 6.26 Å². The summed E-state index contributed by atoms with van der Waals surface area (Å²) in [5.41, 5.74) is 2.49. The lowest BCUT2D eigenvalue weighted by Crippen LogP contribution is -2.42. The van der Waals surface area contributed by atoms with Crippen LogP contribution >= 0.6 is 0 Å². The molecule has 1 aromatic heterocycles. The van der Waals surface area contributed by atoms with Gasteiger partial charge in [0.2, 0.25) is 5.91 Å². The number of benzene rings is 1. The number of nitrogens with one attached hydrogen (secondary N) is 1. The predicted octanol–water partition coefficient (Wildman–Crippen LogP) is 5.10. The molecule has 1 amide bonds. The number of carbonyl (C=O) groups is 1. The van der Waals surface area contributed by atoms with Gasteiger partial charge < -0.3 is 19.4 Å². The van der Waals surface area contributed by atoms with Crippen molar-refractivity contribution >= 4 is 16.9 Å². The van der Waals surface area contributed by atoms with Crippen molar-refractivity contribution in [1.29, 1.82) is 0 Å². The molecule has 2 aliphatic heterocycles. The lowest BCUT2D eigenvalue weighted by atomic mass is 9.83. The number of rotatable bonds is 6. The molecule has 2 saturated heterocycles. The summed E-state index contributed by atoms with van der Waals surface area (Å²) in [6.07, 6.45) is 12.2. The minimum Gasteiger partial charge on any atom is -0.464 e. The van der Waals surface area contributed by atoms with E-state index in [-0.39, 0.29) is 11.8 Å². The van der Waals surface area contributed by atoms with Gasteiger partial charge >= 0.3 is 0 Å². The molecule has 1 aliphatic carbocycles. The van der Waals surface area contributed by atoms with Crippen molar-refractivity contribution in [2.45, 2.75) is 69.7 Å². The topological polar surface area (TPSA) is 54.7 Å². The van der Waals surface area contributed by atoms with Crippen LogP contribution < -0.4 is 5.32 Å². The first-order valence-electron chi connectivity index (χ1n) is 12.8. The van der Waals surface area contributed by atoms with E-state index < -0.39 is 0 Å². The fourth-order valence-electron chi connectivity index (χ4n) is 6.08. The molecule has 3 aliphatic rings. The summed E-state index contributed by atoms with van der Waals surface area (Å²) in [6, 6.07) is 9.01. The van der Waals surface area contributed by atoms with Crippen LogP contribution in [0.4, 0.5) is 0 Å². The number of likely N-dealkylation sites (tertiary alicyclic amines) is 1. The number of piperidine rings is 1. The maximum Gasteiger partial charge on any atom is 0.223 e. The van der Waals surface area contributed by atoms with Crippen LogP contribution in [0.5, 0.6) is 0 Å². The van der Waals surface area contributed by atoms with E-state index in [1.54, 1.807) is 0 Å². The molecular formula is C27H38N2O3. The molecule has 3 heterocycles. The molecule has 0 spiro atoms. The average Bonchev–Trinajstić information content (AvgIpc) is 3.34. The fraction of sp³-hybridized carbons (Fsp3) is 0.667. The minimum absolute atomic E-state index is 0.171. The third kappa shape index (κ3) is 5.20. The normalized spacial score (nSPS) is 26.4. The molecule has 1 aromatic carbocycles. The largest absolute Gasteiger partial charge is 0.464 e. The SMILES string of the molecule is O=C(NC1CCC(CCN2CCC(c3cccc4occc34)CC2)CC1)C1CCOCC1. The molecule has 5 heteroatoms. The van der Waals surface area contributed by atoms with Crippen LogP contribution in [-0.4, -0.2) is 49.7 Å². The van der Waals surface area contributed by atoms with Crippen LogP contribution in [0.2, 0.25) is 0 Å². The lowest BCUT2D eigenvalue weighted by Gasteiger charge is -2.35. The van der Waals surface area contributed by atoms with Crippen LogP contribution in [0.15, 0.2) is 34.9 Å². The zero-order chi connectivity index (χ0) is 21.8. The van der Waals surface area contributed by atoms with E-state index in [0.717, 1.165) is 50.4 Å². The van der Waals surface area contributed by atoms with Crippen molar-refractivity contribution in [3.05, 3.63) is 36.1 Å². The molecule has 2 aromatic rings. The van der Waals surface area contributed by atoms with Crippen molar-refractivity contribution in [2.24, 2.45) is 11.8 Å². The second kappa shape index (κ2) is 10.4. The maximum absolute atomic E-state index is 12.5. The maximum atomic E-state index is 12.5. The molecule has 0 bridgehead atoms. The quantitative estimate of drug-likeness (QED) is 0.681. The van der Waals surface area contributed by atoms with Gasteiger partial charge in [0.25, 0.3) is 0 Å². The number of carbonyl (C=O) groups excluding carboxylic acids is 1. The average molecular weight is 439 g/mol. The molecule has 5 nitrogen and oxygen atoms in total. The third-order valence-corrected chi connectivity index (χ3v) is 8.20. The Labute approximate surface area is 191 Å². The van der Waals surface area contributed by atoms with Gasteiger partial charge in [-0.25, -0.2) is 0 Å². The van der Waals surface area contributed by atoms with E-state index in [0.29, 0.717) is 12.0 Å². The van der Waals surface area contributed by atoms with Crippen LogP contribution in [-0.2, 0) is 9.53 Å². The van der Waals surface area contributed by atoms with Gasteiger partial charge in [0.15, 0.2) is 0 Å². The first-order chi connectivity index (χ1) is 15.8. The van der Waals surface area contributed by atoms with Crippen LogP contribution in [0, 0.1) is 11.8 Å². The summed E-state index contributed by atoms with van der Waals surface area (Å²) in [5.74, 6) is 1.92. The molecule has 0 radical (unpaired) electrons. The number of furan rings is 1. The number of nitrogens with zero attached hydrogens (tertiary/aromatic N) is 1. The van der Waals surface area contributed by atoms with Gasteiger partial charge in [0.05, 0.1) is 6.26 Å². The van der Waals surface area contributed by atoms with E-state index in [9.17, 15) is 4.79 Å². The van der Waals surface area contributed by atoms with Crippen molar-refractivity contribution in [3.63, 3.8) is 0 Å². The van der Waals surface area contributed by atoms with Crippen LogP contribution in [0.3, 0.4) is 0 Å². The molecule has 32 heavy (non-hydrogen) atoms. The Morgan fingerprint density at radius 3 is 2.53 bits per heavy atom. The molecule has 1 N–H and O–H groups in total. The Hall–Kier alpha value is -1.85. The molecule has 5 rings (SSSR count). The molecule has 0 unspecified atom stereocenters. The Morgan fingerprint density at radius 1 is 0.969 bits per heavy atom. The highest BCUT2D eigenvalue weighted by Gasteiger charge is 2.28. The first kappa shape index (κ1) is 22.0. The van der Waals surface area contributed by atoms with Crippen molar-refractivity contribution < 1.29 is 13.9 Å². The monoisotopic (exact) mass is 438 g/mol. The molecular weight excluding hydrogens is 400 g/mol. The third-order valence-electron chi connectivity index (χ3n) is 8.20. The summed E-state index contributed by atoms with van der Waals surface area (Å²) in [5, 5.41) is 4.63. The second-order valence-electron chi connectivity index (χ2n) is 10.2. The molecule has 3 fully saturated rings. The zero-order valence-corrected chi connectivity index (χ0v) is 19.3. The number of fused-ring (bicyclic) bond motifs is 1. The molecule has 0 atom stereocenters. The van der Waals surface area contributed by atoms with Gasteiger partial charge in [-0.3, -0.25) is 4.79 Å². The summed E-state index contributed by atoms with van der Waals surface area (Å²) >= 11 is 0. The van der Waals surface area contributed by atoms with Gasteiger partial charge in [0.1, 0.15) is 5.58 Å². The highest BCUT2D eigenvalue weighted by molar-refractivity contribution is 5.81. The second-order valence-corrected chi connectivity index (χ2v) is 10.2. The highest BCUT2D eigenvalue weighted by atomic mass is 16.5. The highest BCUT2D eigenvalue weighted by Crippen LogP contribution is 2.34. The predicted molar refractivity (Wildman–Crippen MR) is 127 cm³/mol. The Balaban J connectivity index is 1.01. The van der Waals surface area contributed by atoms with E-state index >= 15 is 0 Å². The van der Waals surface area contributed by atoms with Gasteiger partial charge in [0, 0.05) is 30.6 Å². The summed E-state index contributed by atoms with van der Waals surface area (Å²) in [6.45, 7) is 5.11. The fourth-order valence-corrected chi connectivity index (χ4v) is 6.08. The van der Waals surface area contributed by atoms with Crippen LogP contribution in [0.1, 0.15) is 69.3 Å². The van der Waals surface area contributed by atoms with Gasteiger partial charge in [-0.2, -0.15) is 0 Å². The van der Waals surface area contributed by atoms with Gasteiger partial charge in [-0.1, -0.05) is 12.1 Å². The van der Waals surface area contributed by atoms with Gasteiger partial charge in [-0.15, -0.1) is 0 Å². The lowest BCUT2D eigenvalue weighted by molar-refractivity contribution is -0.128. The van der Waals surface area contributed by atoms with E-state index in [4.69, 9.17) is 9.15 Å². The summed E-state index contributed by atoms with van der Waals surface area (Å²) < 4.78 is 11.0. The molecule has 174 valence electrons. The van der Waals surface area contributed by atoms with E-state index in [2.05, 4.69) is 34.5 Å². The Morgan fingerprint density at radius 2 is 1.75 bits per heavy atom. The number of hydrogen-bond donors (Lipinski definition) is 1. The first-order valence-corrected chi connectivity index (χ1v) is 12.8. The standard InChI is InChI=1S/C27H38N2O3/c30-27(22-11-17-31-18-12-22)28-23-6-4-20(5-7-23)8-14-29-15-9-21(10-16-29)24-2-1-3-26-25(24)13-19-32-26/h1-3,13,19-23H,4-12,14-18H2,(H,28,30). The Kier molecular flexibility index (Phi) is 7.13. The summed E-state index contributed by atoms with van der Waals surface area (Å²) in [7, 11) is 0. The van der Waals surface area contributed by atoms with Crippen molar-refractivity contribution in [2.75, 3.05) is 32.8 Å². The Bertz CT molecular complexity index is 872. The van der Waals surface area contributed by atoms with Crippen LogP contribution in [0.25, 0.3) is 11.0 Å². The number of hydrogen-bond acceptors (Lipinski definition) is 4. The van der Waals surface area contributed by atoms with Crippen molar-refractivity contribution in [3.8, 4) is 0 Å². The van der Waals surface area contributed by atoms with Crippen molar-refractivity contribution in [1.82, 2.24) is 10.2 Å². The number of ether oxygens (including phenoxy) is 1. The van der Waals surface area contributed by atoms with E-state index in [1.165, 1.54) is 62.7 Å². The summed E-state index contributed by atoms with van der Waals surface area (Å²) in [4.78, 5) is 15.2. The molecule has 1 saturated carbocycles. The number of amides is 1. The minimum atomic E-state index is 0.171.